The zero-order chi connectivity index (χ0) is 22.1. The lowest BCUT2D eigenvalue weighted by Crippen LogP contribution is -2.39. The number of hydrogen-bond donors (Lipinski definition) is 1. The van der Waals surface area contributed by atoms with Gasteiger partial charge in [-0.1, -0.05) is 51.9 Å². The van der Waals surface area contributed by atoms with Crippen molar-refractivity contribution < 1.29 is 28.2 Å². The fraction of sp³-hybridized carbons (Fsp3) is 0.905. The largest absolute Gasteiger partial charge is 0.469 e. The molecule has 0 saturated carbocycles. The highest BCUT2D eigenvalue weighted by Crippen LogP contribution is 2.17. The van der Waals surface area contributed by atoms with Gasteiger partial charge in [0.05, 0.1) is 19.6 Å². The first-order chi connectivity index (χ1) is 13.7. The summed E-state index contributed by atoms with van der Waals surface area (Å²) in [4.78, 5) is 23.8. The maximum absolute atomic E-state index is 12.1. The number of amides is 1. The normalized spacial score (nSPS) is 13.7. The average molecular weight is 434 g/mol. The maximum atomic E-state index is 12.1. The van der Waals surface area contributed by atoms with Crippen molar-refractivity contribution in [1.29, 1.82) is 0 Å². The Labute approximate surface area is 177 Å². The van der Waals surface area contributed by atoms with Crippen molar-refractivity contribution in [3.63, 3.8) is 0 Å². The average Bonchev–Trinajstić information content (AvgIpc) is 2.64. The molecule has 1 amide bonds. The van der Waals surface area contributed by atoms with Crippen molar-refractivity contribution in [2.45, 2.75) is 104 Å². The number of nitrogens with one attached hydrogen (secondary N) is 1. The van der Waals surface area contributed by atoms with Crippen molar-refractivity contribution in [3.05, 3.63) is 0 Å². The number of rotatable bonds is 16. The summed E-state index contributed by atoms with van der Waals surface area (Å²) in [6, 6.07) is 0.128. The Morgan fingerprint density at radius 2 is 1.55 bits per heavy atom. The van der Waals surface area contributed by atoms with E-state index in [1.54, 1.807) is 0 Å². The van der Waals surface area contributed by atoms with Gasteiger partial charge in [-0.15, -0.1) is 0 Å². The molecule has 0 aromatic heterocycles. The van der Waals surface area contributed by atoms with Crippen molar-refractivity contribution in [1.82, 2.24) is 5.32 Å². The van der Waals surface area contributed by atoms with Crippen LogP contribution in [0.5, 0.6) is 0 Å². The van der Waals surface area contributed by atoms with Gasteiger partial charge in [-0.2, -0.15) is 0 Å². The second-order valence-electron chi connectivity index (χ2n) is 8.42. The highest BCUT2D eigenvalue weighted by atomic mass is 31.1. The van der Waals surface area contributed by atoms with Gasteiger partial charge in [-0.3, -0.25) is 9.32 Å². The first-order valence-corrected chi connectivity index (χ1v) is 11.5. The Morgan fingerprint density at radius 1 is 0.966 bits per heavy atom. The fourth-order valence-corrected chi connectivity index (χ4v) is 3.34. The molecular weight excluding hydrogens is 393 g/mol. The highest BCUT2D eigenvalue weighted by Gasteiger charge is 2.20. The molecular formula is C21H40NO6P. The van der Waals surface area contributed by atoms with Crippen LogP contribution in [0, 0.1) is 5.92 Å². The molecule has 0 fully saturated rings. The minimum absolute atomic E-state index is 0.108. The molecule has 0 bridgehead atoms. The molecule has 0 aliphatic rings. The summed E-state index contributed by atoms with van der Waals surface area (Å²) in [6.45, 7) is 7.86. The molecule has 170 valence electrons. The third kappa shape index (κ3) is 16.3. The van der Waals surface area contributed by atoms with Gasteiger partial charge in [0.2, 0.25) is 0 Å². The maximum Gasteiger partial charge on any atom is 0.407 e. The van der Waals surface area contributed by atoms with Crippen LogP contribution in [0.1, 0.15) is 91.9 Å². The van der Waals surface area contributed by atoms with E-state index in [9.17, 15) is 14.2 Å². The van der Waals surface area contributed by atoms with Crippen LogP contribution < -0.4 is 5.32 Å². The van der Waals surface area contributed by atoms with Gasteiger partial charge in [-0.05, 0) is 40.0 Å². The molecule has 0 heterocycles. The molecule has 1 N–H and O–H groups in total. The van der Waals surface area contributed by atoms with E-state index < -0.39 is 14.3 Å². The third-order valence-electron chi connectivity index (χ3n) is 4.60. The molecule has 0 rings (SSSR count). The smallest absolute Gasteiger partial charge is 0.407 e. The number of carbonyl (C=O) groups is 2. The van der Waals surface area contributed by atoms with Crippen LogP contribution in [0.3, 0.4) is 0 Å². The second-order valence-corrected chi connectivity index (χ2v) is 8.83. The molecule has 0 aromatic rings. The van der Waals surface area contributed by atoms with Gasteiger partial charge >= 0.3 is 20.7 Å². The van der Waals surface area contributed by atoms with Crippen LogP contribution in [0.2, 0.25) is 0 Å². The van der Waals surface area contributed by atoms with Gasteiger partial charge in [0.15, 0.2) is 0 Å². The molecule has 0 spiro atoms. The van der Waals surface area contributed by atoms with E-state index in [0.29, 0.717) is 6.42 Å². The zero-order valence-corrected chi connectivity index (χ0v) is 19.7. The Morgan fingerprint density at radius 3 is 2.07 bits per heavy atom. The van der Waals surface area contributed by atoms with Gasteiger partial charge in [0, 0.05) is 6.04 Å². The fourth-order valence-electron chi connectivity index (χ4n) is 3.09. The monoisotopic (exact) mass is 433 g/mol. The predicted molar refractivity (Wildman–Crippen MR) is 114 cm³/mol. The summed E-state index contributed by atoms with van der Waals surface area (Å²) in [5, 5.41) is 3.02. The summed E-state index contributed by atoms with van der Waals surface area (Å²) in [7, 11) is 0.928. The van der Waals surface area contributed by atoms with Gasteiger partial charge in [0.1, 0.15) is 5.60 Å². The lowest BCUT2D eigenvalue weighted by molar-refractivity contribution is -0.146. The minimum Gasteiger partial charge on any atom is -0.469 e. The second kappa shape index (κ2) is 16.6. The Kier molecular flexibility index (Phi) is 15.9. The molecule has 29 heavy (non-hydrogen) atoms. The lowest BCUT2D eigenvalue weighted by Gasteiger charge is -2.24. The van der Waals surface area contributed by atoms with Crippen LogP contribution in [-0.4, -0.2) is 37.4 Å². The molecule has 0 aliphatic carbocycles. The van der Waals surface area contributed by atoms with E-state index in [1.807, 2.05) is 20.8 Å². The summed E-state index contributed by atoms with van der Waals surface area (Å²) in [5.41, 5.74) is -0.496. The van der Waals surface area contributed by atoms with Gasteiger partial charge < -0.3 is 14.8 Å². The Balaban J connectivity index is 4.25. The molecule has 0 aliphatic heterocycles. The first kappa shape index (κ1) is 27.8. The van der Waals surface area contributed by atoms with Crippen LogP contribution in [-0.2, 0) is 23.4 Å². The Hall–Kier alpha value is -1.20. The molecule has 2 atom stereocenters. The molecule has 0 aromatic carbocycles. The van der Waals surface area contributed by atoms with Crippen molar-refractivity contribution in [3.8, 4) is 0 Å². The van der Waals surface area contributed by atoms with Gasteiger partial charge in [-0.25, -0.2) is 9.36 Å². The molecule has 2 unspecified atom stereocenters. The van der Waals surface area contributed by atoms with Crippen LogP contribution in [0.25, 0.3) is 0 Å². The number of ether oxygens (including phenoxy) is 2. The number of methoxy groups -OCH3 is 1. The van der Waals surface area contributed by atoms with Crippen molar-refractivity contribution in [2.24, 2.45) is 5.92 Å². The predicted octanol–water partition coefficient (Wildman–Crippen LogP) is 5.81. The van der Waals surface area contributed by atoms with E-state index in [0.717, 1.165) is 57.8 Å². The van der Waals surface area contributed by atoms with E-state index in [1.165, 1.54) is 7.11 Å². The lowest BCUT2D eigenvalue weighted by atomic mass is 9.99. The molecule has 8 heteroatoms. The Bertz CT molecular complexity index is 467. The van der Waals surface area contributed by atoms with Gasteiger partial charge in [0.25, 0.3) is 0 Å². The molecule has 7 nitrogen and oxygen atoms in total. The van der Waals surface area contributed by atoms with E-state index in [-0.39, 0.29) is 30.6 Å². The topological polar surface area (TPSA) is 90.9 Å². The summed E-state index contributed by atoms with van der Waals surface area (Å²) < 4.78 is 25.4. The SMILES string of the molecule is CCCCCC(CCCCCCC(COP=O)C(=O)OC)NC(=O)OC(C)(C)C. The van der Waals surface area contributed by atoms with E-state index in [4.69, 9.17) is 14.0 Å². The number of hydrogen-bond acceptors (Lipinski definition) is 6. The molecule has 0 saturated heterocycles. The summed E-state index contributed by atoms with van der Waals surface area (Å²) in [6.07, 6.45) is 9.47. The third-order valence-corrected chi connectivity index (χ3v) is 4.85. The minimum atomic E-state index is -0.496. The van der Waals surface area contributed by atoms with Crippen LogP contribution in [0.15, 0.2) is 0 Å². The summed E-state index contributed by atoms with van der Waals surface area (Å²) in [5.74, 6) is -0.705. The zero-order valence-electron chi connectivity index (χ0n) is 18.8. The van der Waals surface area contributed by atoms with E-state index in [2.05, 4.69) is 12.2 Å². The quantitative estimate of drug-likeness (QED) is 0.188. The summed E-state index contributed by atoms with van der Waals surface area (Å²) >= 11 is 0. The number of alkyl carbamates (subject to hydrolysis) is 1. The van der Waals surface area contributed by atoms with E-state index >= 15 is 0 Å². The number of carbonyl (C=O) groups excluding carboxylic acids is 2. The standard InChI is InChI=1S/C21H40NO6P/c1-6-7-10-14-18(22-20(24)28-21(2,3)4)15-12-9-8-11-13-17(16-27-29-25)19(23)26-5/h17-18H,6-16H2,1-5H3,(H,22,24). The highest BCUT2D eigenvalue weighted by molar-refractivity contribution is 7.17. The van der Waals surface area contributed by atoms with Crippen LogP contribution >= 0.6 is 8.69 Å². The molecule has 0 radical (unpaired) electrons. The number of esters is 1. The van der Waals surface area contributed by atoms with Crippen molar-refractivity contribution in [2.75, 3.05) is 13.7 Å². The van der Waals surface area contributed by atoms with Crippen LogP contribution in [0.4, 0.5) is 4.79 Å². The number of unbranched alkanes of at least 4 members (excludes halogenated alkanes) is 5. The first-order valence-electron chi connectivity index (χ1n) is 10.8. The van der Waals surface area contributed by atoms with Crippen molar-refractivity contribution >= 4 is 20.7 Å².